The van der Waals surface area contributed by atoms with E-state index in [0.717, 1.165) is 35.5 Å². The zero-order valence-corrected chi connectivity index (χ0v) is 15.4. The van der Waals surface area contributed by atoms with E-state index in [2.05, 4.69) is 44.0 Å². The first-order valence-corrected chi connectivity index (χ1v) is 10.2. The highest BCUT2D eigenvalue weighted by atomic mass is 32.1. The zero-order chi connectivity index (χ0) is 17.5. The van der Waals surface area contributed by atoms with Gasteiger partial charge in [-0.15, -0.1) is 11.3 Å². The van der Waals surface area contributed by atoms with E-state index >= 15 is 0 Å². The van der Waals surface area contributed by atoms with Crippen molar-refractivity contribution >= 4 is 28.1 Å². The molecule has 1 amide bonds. The second-order valence-electron chi connectivity index (χ2n) is 7.35. The molecule has 0 radical (unpaired) electrons. The molecule has 2 N–H and O–H groups in total. The quantitative estimate of drug-likeness (QED) is 0.744. The van der Waals surface area contributed by atoms with Gasteiger partial charge in [0.2, 0.25) is 0 Å². The Hall–Kier alpha value is -2.18. The molecule has 5 rings (SSSR count). The van der Waals surface area contributed by atoms with E-state index in [1.807, 2.05) is 12.1 Å². The molecular formula is C20H22N4OS. The third-order valence-electron chi connectivity index (χ3n) is 5.73. The van der Waals surface area contributed by atoms with Gasteiger partial charge in [-0.1, -0.05) is 12.1 Å². The lowest BCUT2D eigenvalue weighted by Crippen LogP contribution is -2.52. The summed E-state index contributed by atoms with van der Waals surface area (Å²) in [6.07, 6.45) is 4.83. The van der Waals surface area contributed by atoms with Crippen molar-refractivity contribution < 1.29 is 4.79 Å². The molecule has 4 heterocycles. The summed E-state index contributed by atoms with van der Waals surface area (Å²) in [7, 11) is 0. The van der Waals surface area contributed by atoms with Crippen molar-refractivity contribution in [3.8, 4) is 10.4 Å². The number of hydrogen-bond donors (Lipinski definition) is 2. The molecule has 26 heavy (non-hydrogen) atoms. The minimum absolute atomic E-state index is 0.0662. The van der Waals surface area contributed by atoms with Crippen molar-refractivity contribution in [1.82, 2.24) is 20.4 Å². The van der Waals surface area contributed by atoms with Crippen molar-refractivity contribution in [2.75, 3.05) is 13.1 Å². The second-order valence-corrected chi connectivity index (χ2v) is 8.30. The Labute approximate surface area is 156 Å². The van der Waals surface area contributed by atoms with Crippen LogP contribution < -0.4 is 5.32 Å². The van der Waals surface area contributed by atoms with Gasteiger partial charge in [-0.25, -0.2) is 0 Å². The van der Waals surface area contributed by atoms with Crippen molar-refractivity contribution in [3.63, 3.8) is 0 Å². The molecule has 3 aromatic rings. The number of hydrogen-bond acceptors (Lipinski definition) is 4. The number of nitrogens with zero attached hydrogens (tertiary/aromatic N) is 2. The van der Waals surface area contributed by atoms with Crippen LogP contribution in [-0.4, -0.2) is 46.2 Å². The Bertz CT molecular complexity index is 933. The van der Waals surface area contributed by atoms with Crippen LogP contribution in [0.3, 0.4) is 0 Å². The number of aromatic amines is 1. The minimum Gasteiger partial charge on any atom is -0.347 e. The monoisotopic (exact) mass is 366 g/mol. The number of amides is 1. The second kappa shape index (κ2) is 6.52. The summed E-state index contributed by atoms with van der Waals surface area (Å²) in [5.74, 6) is -0.0662. The van der Waals surface area contributed by atoms with E-state index in [9.17, 15) is 4.79 Å². The first-order chi connectivity index (χ1) is 12.8. The molecule has 0 spiro atoms. The molecule has 134 valence electrons. The molecule has 1 aromatic carbocycles. The van der Waals surface area contributed by atoms with Crippen molar-refractivity contribution in [2.45, 2.75) is 37.8 Å². The van der Waals surface area contributed by atoms with Crippen molar-refractivity contribution in [1.29, 1.82) is 0 Å². The van der Waals surface area contributed by atoms with Crippen LogP contribution in [0, 0.1) is 0 Å². The van der Waals surface area contributed by atoms with Gasteiger partial charge in [-0.05, 0) is 61.4 Å². The van der Waals surface area contributed by atoms with Gasteiger partial charge in [0.25, 0.3) is 5.91 Å². The lowest BCUT2D eigenvalue weighted by Gasteiger charge is -2.40. The topological polar surface area (TPSA) is 61.0 Å². The van der Waals surface area contributed by atoms with Crippen molar-refractivity contribution in [3.05, 3.63) is 41.4 Å². The number of rotatable bonds is 3. The Morgan fingerprint density at radius 1 is 1.27 bits per heavy atom. The van der Waals surface area contributed by atoms with E-state index in [-0.39, 0.29) is 11.9 Å². The fourth-order valence-corrected chi connectivity index (χ4v) is 4.91. The average Bonchev–Trinajstić information content (AvgIpc) is 3.28. The number of carbonyl (C=O) groups is 1. The van der Waals surface area contributed by atoms with Crippen LogP contribution in [0.25, 0.3) is 21.3 Å². The molecule has 2 aromatic heterocycles. The smallest absolute Gasteiger partial charge is 0.272 e. The molecule has 0 bridgehead atoms. The van der Waals surface area contributed by atoms with Crippen LogP contribution in [0.5, 0.6) is 0 Å². The number of H-pyrrole nitrogens is 1. The van der Waals surface area contributed by atoms with Gasteiger partial charge in [0.15, 0.2) is 5.69 Å². The number of aromatic nitrogens is 2. The van der Waals surface area contributed by atoms with Gasteiger partial charge >= 0.3 is 0 Å². The van der Waals surface area contributed by atoms with Gasteiger partial charge in [-0.2, -0.15) is 5.10 Å². The largest absolute Gasteiger partial charge is 0.347 e. The van der Waals surface area contributed by atoms with Crippen LogP contribution in [0.4, 0.5) is 0 Å². The standard InChI is InChI=1S/C20H22N4OS/c25-20(21-14-3-1-4-15-8-9-24(15)12-14)19-16-11-13(18-5-2-10-26-18)6-7-17(16)22-23-19/h2,5-7,10-11,14-15H,1,3-4,8-9,12H2,(H,21,25)(H,22,23)/t14-,15?/m1/s1. The molecule has 2 saturated heterocycles. The number of benzene rings is 1. The van der Waals surface area contributed by atoms with Crippen LogP contribution in [-0.2, 0) is 0 Å². The first kappa shape index (κ1) is 16.0. The molecular weight excluding hydrogens is 344 g/mol. The van der Waals surface area contributed by atoms with E-state index in [0.29, 0.717) is 5.69 Å². The Kier molecular flexibility index (Phi) is 4.02. The zero-order valence-electron chi connectivity index (χ0n) is 14.6. The van der Waals surface area contributed by atoms with Gasteiger partial charge in [0.1, 0.15) is 0 Å². The van der Waals surface area contributed by atoms with Crippen LogP contribution in [0.15, 0.2) is 35.7 Å². The fraction of sp³-hybridized carbons (Fsp3) is 0.400. The number of nitrogens with one attached hydrogen (secondary N) is 2. The molecule has 0 aliphatic carbocycles. The number of fused-ring (bicyclic) bond motifs is 2. The highest BCUT2D eigenvalue weighted by molar-refractivity contribution is 7.13. The lowest BCUT2D eigenvalue weighted by molar-refractivity contribution is 0.0787. The maximum Gasteiger partial charge on any atom is 0.272 e. The highest BCUT2D eigenvalue weighted by Gasteiger charge is 2.33. The molecule has 1 unspecified atom stereocenters. The lowest BCUT2D eigenvalue weighted by atomic mass is 10.00. The Morgan fingerprint density at radius 3 is 3.04 bits per heavy atom. The van der Waals surface area contributed by atoms with Gasteiger partial charge < -0.3 is 5.32 Å². The molecule has 2 aliphatic rings. The third kappa shape index (κ3) is 2.83. The third-order valence-corrected chi connectivity index (χ3v) is 6.65. The highest BCUT2D eigenvalue weighted by Crippen LogP contribution is 2.29. The minimum atomic E-state index is -0.0662. The van der Waals surface area contributed by atoms with Crippen LogP contribution in [0.2, 0.25) is 0 Å². The summed E-state index contributed by atoms with van der Waals surface area (Å²) in [5, 5.41) is 13.5. The Balaban J connectivity index is 1.39. The fourth-order valence-electron chi connectivity index (χ4n) is 4.19. The predicted molar refractivity (Wildman–Crippen MR) is 104 cm³/mol. The maximum absolute atomic E-state index is 12.9. The first-order valence-electron chi connectivity index (χ1n) is 9.35. The van der Waals surface area contributed by atoms with Gasteiger partial charge in [-0.3, -0.25) is 14.8 Å². The number of thiophene rings is 1. The van der Waals surface area contributed by atoms with Crippen LogP contribution in [0.1, 0.15) is 36.2 Å². The van der Waals surface area contributed by atoms with E-state index < -0.39 is 0 Å². The van der Waals surface area contributed by atoms with Gasteiger partial charge in [0, 0.05) is 28.9 Å². The van der Waals surface area contributed by atoms with E-state index in [1.165, 1.54) is 30.7 Å². The normalized spacial score (nSPS) is 23.2. The van der Waals surface area contributed by atoms with E-state index in [4.69, 9.17) is 0 Å². The molecule has 2 aliphatic heterocycles. The molecule has 0 saturated carbocycles. The average molecular weight is 366 g/mol. The molecule has 2 atom stereocenters. The van der Waals surface area contributed by atoms with Crippen LogP contribution >= 0.6 is 11.3 Å². The Morgan fingerprint density at radius 2 is 2.23 bits per heavy atom. The summed E-state index contributed by atoms with van der Waals surface area (Å²) in [5.41, 5.74) is 2.53. The molecule has 5 nitrogen and oxygen atoms in total. The maximum atomic E-state index is 12.9. The molecule has 2 fully saturated rings. The SMILES string of the molecule is O=C(N[C@@H]1CCCC2CCN2C1)c1n[nH]c2ccc(-c3cccs3)cc12. The van der Waals surface area contributed by atoms with Crippen molar-refractivity contribution in [2.24, 2.45) is 0 Å². The summed E-state index contributed by atoms with van der Waals surface area (Å²) < 4.78 is 0. The van der Waals surface area contributed by atoms with Gasteiger partial charge in [0.05, 0.1) is 5.52 Å². The summed E-state index contributed by atoms with van der Waals surface area (Å²) in [4.78, 5) is 16.6. The number of carbonyl (C=O) groups excluding carboxylic acids is 1. The summed E-state index contributed by atoms with van der Waals surface area (Å²) in [6, 6.07) is 11.3. The predicted octanol–water partition coefficient (Wildman–Crippen LogP) is 3.65. The van der Waals surface area contributed by atoms with E-state index in [1.54, 1.807) is 11.3 Å². The summed E-state index contributed by atoms with van der Waals surface area (Å²) >= 11 is 1.70. The summed E-state index contributed by atoms with van der Waals surface area (Å²) in [6.45, 7) is 2.14. The molecule has 6 heteroatoms.